The molecule has 0 atom stereocenters. The Balaban J connectivity index is 1.71. The Hall–Kier alpha value is -1.56. The predicted octanol–water partition coefficient (Wildman–Crippen LogP) is 6.06. The number of rotatable bonds is 8. The van der Waals surface area contributed by atoms with E-state index in [9.17, 15) is 0 Å². The van der Waals surface area contributed by atoms with Crippen LogP contribution in [0.1, 0.15) is 55.7 Å². The van der Waals surface area contributed by atoms with Crippen molar-refractivity contribution in [1.82, 2.24) is 5.32 Å². The molecule has 0 saturated heterocycles. The molecule has 0 aliphatic heterocycles. The van der Waals surface area contributed by atoms with E-state index in [-0.39, 0.29) is 0 Å². The number of halogens is 1. The van der Waals surface area contributed by atoms with E-state index in [0.717, 1.165) is 29.5 Å². The molecule has 0 aliphatic rings. The van der Waals surface area contributed by atoms with Gasteiger partial charge in [-0.2, -0.15) is 0 Å². The summed E-state index contributed by atoms with van der Waals surface area (Å²) in [7, 11) is 0. The van der Waals surface area contributed by atoms with E-state index < -0.39 is 0 Å². The molecular weight excluding hydrogens is 358 g/mol. The predicted molar refractivity (Wildman–Crippen MR) is 107 cm³/mol. The third kappa shape index (κ3) is 7.34. The zero-order valence-electron chi connectivity index (χ0n) is 14.4. The summed E-state index contributed by atoms with van der Waals surface area (Å²) in [6.07, 6.45) is 6.14. The van der Waals surface area contributed by atoms with Gasteiger partial charge in [-0.25, -0.2) is 0 Å². The van der Waals surface area contributed by atoms with E-state index in [2.05, 4.69) is 88.5 Å². The number of benzene rings is 2. The molecule has 1 nitrogen and oxygen atoms in total. The first-order valence-corrected chi connectivity index (χ1v) is 9.60. The molecule has 0 aliphatic carbocycles. The molecule has 0 spiro atoms. The lowest BCUT2D eigenvalue weighted by Gasteiger charge is -2.05. The molecule has 0 amide bonds. The fraction of sp³-hybridized carbons (Fsp3) is 0.364. The first kappa shape index (κ1) is 18.8. The van der Waals surface area contributed by atoms with Gasteiger partial charge in [-0.05, 0) is 41.8 Å². The van der Waals surface area contributed by atoms with Crippen molar-refractivity contribution in [3.63, 3.8) is 0 Å². The zero-order valence-corrected chi connectivity index (χ0v) is 16.0. The first-order valence-electron chi connectivity index (χ1n) is 8.81. The molecule has 0 heterocycles. The van der Waals surface area contributed by atoms with E-state index in [1.165, 1.54) is 36.8 Å². The Bertz CT molecular complexity index is 647. The van der Waals surface area contributed by atoms with Gasteiger partial charge in [0.15, 0.2) is 0 Å². The summed E-state index contributed by atoms with van der Waals surface area (Å²) >= 11 is 3.46. The summed E-state index contributed by atoms with van der Waals surface area (Å²) in [4.78, 5) is 0. The van der Waals surface area contributed by atoms with Gasteiger partial charge in [0.2, 0.25) is 0 Å². The summed E-state index contributed by atoms with van der Waals surface area (Å²) in [5.41, 5.74) is 3.70. The lowest BCUT2D eigenvalue weighted by Crippen LogP contribution is -2.12. The van der Waals surface area contributed by atoms with E-state index in [1.54, 1.807) is 0 Å². The lowest BCUT2D eigenvalue weighted by atomic mass is 10.1. The Labute approximate surface area is 155 Å². The van der Waals surface area contributed by atoms with Gasteiger partial charge < -0.3 is 5.32 Å². The Morgan fingerprint density at radius 3 is 2.08 bits per heavy atom. The van der Waals surface area contributed by atoms with Crippen molar-refractivity contribution in [2.75, 3.05) is 0 Å². The minimum absolute atomic E-state index is 0.876. The van der Waals surface area contributed by atoms with E-state index in [1.807, 2.05) is 0 Å². The summed E-state index contributed by atoms with van der Waals surface area (Å²) in [5, 5.41) is 3.48. The first-order chi connectivity index (χ1) is 11.8. The van der Waals surface area contributed by atoms with Crippen molar-refractivity contribution in [3.8, 4) is 11.8 Å². The second-order valence-corrected chi connectivity index (χ2v) is 6.96. The van der Waals surface area contributed by atoms with Gasteiger partial charge >= 0.3 is 0 Å². The molecule has 2 aromatic rings. The summed E-state index contributed by atoms with van der Waals surface area (Å²) in [5.74, 6) is 6.54. The van der Waals surface area contributed by atoms with Gasteiger partial charge in [-0.1, -0.05) is 78.2 Å². The van der Waals surface area contributed by atoms with Gasteiger partial charge in [0.1, 0.15) is 0 Å². The van der Waals surface area contributed by atoms with Crippen LogP contribution in [0.4, 0.5) is 0 Å². The minimum Gasteiger partial charge on any atom is -0.309 e. The van der Waals surface area contributed by atoms with Gasteiger partial charge in [0.05, 0.1) is 0 Å². The van der Waals surface area contributed by atoms with Crippen molar-refractivity contribution < 1.29 is 0 Å². The molecule has 0 aromatic heterocycles. The van der Waals surface area contributed by atoms with Crippen LogP contribution in [0.2, 0.25) is 0 Å². The Morgan fingerprint density at radius 2 is 1.46 bits per heavy atom. The third-order valence-electron chi connectivity index (χ3n) is 3.91. The maximum atomic E-state index is 3.48. The van der Waals surface area contributed by atoms with Crippen LogP contribution in [0.5, 0.6) is 0 Å². The molecule has 0 fully saturated rings. The average molecular weight is 384 g/mol. The molecule has 0 radical (unpaired) electrons. The molecule has 0 saturated carbocycles. The molecule has 0 unspecified atom stereocenters. The highest BCUT2D eigenvalue weighted by Crippen LogP contribution is 2.10. The number of nitrogens with one attached hydrogen (secondary N) is 1. The molecule has 1 N–H and O–H groups in total. The Kier molecular flexibility index (Phi) is 8.66. The van der Waals surface area contributed by atoms with Crippen molar-refractivity contribution in [1.29, 1.82) is 0 Å². The van der Waals surface area contributed by atoms with Crippen LogP contribution < -0.4 is 5.32 Å². The fourth-order valence-electron chi connectivity index (χ4n) is 2.46. The van der Waals surface area contributed by atoms with Crippen molar-refractivity contribution in [3.05, 3.63) is 69.7 Å². The largest absolute Gasteiger partial charge is 0.309 e. The highest BCUT2D eigenvalue weighted by Gasteiger charge is 1.95. The smallest absolute Gasteiger partial charge is 0.0245 e. The maximum absolute atomic E-state index is 3.48. The molecule has 0 bridgehead atoms. The van der Waals surface area contributed by atoms with Crippen LogP contribution in [0.15, 0.2) is 53.0 Å². The summed E-state index contributed by atoms with van der Waals surface area (Å²) < 4.78 is 1.12. The van der Waals surface area contributed by atoms with E-state index in [4.69, 9.17) is 0 Å². The second-order valence-electron chi connectivity index (χ2n) is 6.04. The topological polar surface area (TPSA) is 12.0 Å². The molecule has 2 aromatic carbocycles. The quantitative estimate of drug-likeness (QED) is 0.431. The lowest BCUT2D eigenvalue weighted by molar-refractivity contribution is 0.679. The second kappa shape index (κ2) is 11.1. The van der Waals surface area contributed by atoms with Crippen molar-refractivity contribution >= 4 is 15.9 Å². The van der Waals surface area contributed by atoms with Crippen LogP contribution in [0, 0.1) is 11.8 Å². The molecular formula is C22H26BrN. The average Bonchev–Trinajstić information content (AvgIpc) is 2.61. The summed E-state index contributed by atoms with van der Waals surface area (Å²) in [6.45, 7) is 3.99. The fourth-order valence-corrected chi connectivity index (χ4v) is 2.73. The molecule has 2 heteroatoms. The van der Waals surface area contributed by atoms with Crippen LogP contribution >= 0.6 is 15.9 Å². The van der Waals surface area contributed by atoms with Crippen LogP contribution in [-0.2, 0) is 13.1 Å². The van der Waals surface area contributed by atoms with Gasteiger partial charge in [-0.15, -0.1) is 0 Å². The number of hydrogen-bond donors (Lipinski definition) is 1. The Morgan fingerprint density at radius 1 is 0.833 bits per heavy atom. The normalized spacial score (nSPS) is 10.2. The van der Waals surface area contributed by atoms with Gasteiger partial charge in [0, 0.05) is 29.5 Å². The van der Waals surface area contributed by atoms with E-state index >= 15 is 0 Å². The van der Waals surface area contributed by atoms with Crippen LogP contribution in [0.3, 0.4) is 0 Å². The highest BCUT2D eigenvalue weighted by molar-refractivity contribution is 9.10. The van der Waals surface area contributed by atoms with Crippen LogP contribution in [0.25, 0.3) is 0 Å². The van der Waals surface area contributed by atoms with Gasteiger partial charge in [-0.3, -0.25) is 0 Å². The van der Waals surface area contributed by atoms with E-state index in [0.29, 0.717) is 0 Å². The van der Waals surface area contributed by atoms with Crippen molar-refractivity contribution in [2.45, 2.75) is 52.1 Å². The highest BCUT2D eigenvalue weighted by atomic mass is 79.9. The summed E-state index contributed by atoms with van der Waals surface area (Å²) in [6, 6.07) is 17.0. The van der Waals surface area contributed by atoms with Crippen LogP contribution in [-0.4, -0.2) is 0 Å². The molecule has 24 heavy (non-hydrogen) atoms. The SMILES string of the molecule is CCCCCCC#Cc1ccc(CNCc2ccc(Br)cc2)cc1. The van der Waals surface area contributed by atoms with Gasteiger partial charge in [0.25, 0.3) is 0 Å². The monoisotopic (exact) mass is 383 g/mol. The maximum Gasteiger partial charge on any atom is 0.0245 e. The number of hydrogen-bond acceptors (Lipinski definition) is 1. The third-order valence-corrected chi connectivity index (χ3v) is 4.44. The molecule has 126 valence electrons. The standard InChI is InChI=1S/C22H26BrN/c1-2-3-4-5-6-7-8-19-9-11-20(12-10-19)17-24-18-21-13-15-22(23)16-14-21/h9-16,24H,2-6,17-18H2,1H3. The minimum atomic E-state index is 0.876. The molecule has 2 rings (SSSR count). The van der Waals surface area contributed by atoms with Crippen molar-refractivity contribution in [2.24, 2.45) is 0 Å². The number of unbranched alkanes of at least 4 members (excludes halogenated alkanes) is 4. The zero-order chi connectivity index (χ0) is 17.0.